The lowest BCUT2D eigenvalue weighted by Gasteiger charge is -2.30. The lowest BCUT2D eigenvalue weighted by molar-refractivity contribution is 0.0793. The minimum atomic E-state index is -2.56. The van der Waals surface area contributed by atoms with Crippen LogP contribution in [0.4, 0.5) is 8.78 Å². The monoisotopic (exact) mass is 314 g/mol. The second kappa shape index (κ2) is 8.03. The van der Waals surface area contributed by atoms with Crippen LogP contribution in [-0.4, -0.2) is 41.7 Å². The van der Waals surface area contributed by atoms with Gasteiger partial charge < -0.3 is 15.2 Å². The van der Waals surface area contributed by atoms with Gasteiger partial charge in [-0.3, -0.25) is 4.79 Å². The Morgan fingerprint density at radius 1 is 1.41 bits per heavy atom. The number of aromatic nitrogens is 1. The molecule has 1 amide bonds. The molecule has 0 aromatic carbocycles. The number of hydrogen-bond acceptors (Lipinski definition) is 4. The van der Waals surface area contributed by atoms with E-state index in [0.717, 1.165) is 25.7 Å². The molecule has 1 aromatic heterocycles. The lowest BCUT2D eigenvalue weighted by Crippen LogP contribution is -2.43. The number of nitrogens with one attached hydrogen (secondary N) is 1. The van der Waals surface area contributed by atoms with Crippen molar-refractivity contribution >= 4 is 5.91 Å². The Bertz CT molecular complexity index is 482. The predicted octanol–water partition coefficient (Wildman–Crippen LogP) is 2.01. The Kier molecular flexibility index (Phi) is 6.06. The van der Waals surface area contributed by atoms with Gasteiger partial charge in [-0.2, -0.15) is 0 Å². The molecule has 2 atom stereocenters. The maximum atomic E-state index is 12.2. The van der Waals surface area contributed by atoms with Crippen LogP contribution in [0.2, 0.25) is 0 Å². The Hall–Kier alpha value is -1.76. The molecule has 1 aliphatic rings. The van der Waals surface area contributed by atoms with Gasteiger partial charge in [0.15, 0.2) is 6.61 Å². The SMILES string of the molecule is O=C(NC1CCCCC1CO)c1ccc(OCC(F)F)nc1. The van der Waals surface area contributed by atoms with Gasteiger partial charge in [-0.25, -0.2) is 13.8 Å². The highest BCUT2D eigenvalue weighted by molar-refractivity contribution is 5.94. The number of pyridine rings is 1. The summed E-state index contributed by atoms with van der Waals surface area (Å²) in [6.45, 7) is -0.664. The number of ether oxygens (including phenoxy) is 1. The Morgan fingerprint density at radius 3 is 2.82 bits per heavy atom. The lowest BCUT2D eigenvalue weighted by atomic mass is 9.85. The Labute approximate surface area is 127 Å². The summed E-state index contributed by atoms with van der Waals surface area (Å²) < 4.78 is 28.8. The topological polar surface area (TPSA) is 71.5 Å². The van der Waals surface area contributed by atoms with Gasteiger partial charge in [0, 0.05) is 30.8 Å². The molecule has 0 bridgehead atoms. The molecule has 1 fully saturated rings. The van der Waals surface area contributed by atoms with Gasteiger partial charge in [0.2, 0.25) is 5.88 Å². The van der Waals surface area contributed by atoms with Crippen LogP contribution in [0.5, 0.6) is 5.88 Å². The minimum Gasteiger partial charge on any atom is -0.472 e. The molecule has 0 saturated heterocycles. The summed E-state index contributed by atoms with van der Waals surface area (Å²) in [7, 11) is 0. The van der Waals surface area contributed by atoms with Crippen LogP contribution in [0.15, 0.2) is 18.3 Å². The van der Waals surface area contributed by atoms with E-state index in [4.69, 9.17) is 4.74 Å². The van der Waals surface area contributed by atoms with Gasteiger partial charge in [0.05, 0.1) is 5.56 Å². The molecule has 7 heteroatoms. The predicted molar refractivity (Wildman–Crippen MR) is 76.0 cm³/mol. The average molecular weight is 314 g/mol. The van der Waals surface area contributed by atoms with E-state index >= 15 is 0 Å². The van der Waals surface area contributed by atoms with Gasteiger partial charge in [0.1, 0.15) is 0 Å². The fraction of sp³-hybridized carbons (Fsp3) is 0.600. The first kappa shape index (κ1) is 16.6. The number of rotatable bonds is 6. The van der Waals surface area contributed by atoms with Crippen LogP contribution in [0, 0.1) is 5.92 Å². The maximum Gasteiger partial charge on any atom is 0.272 e. The van der Waals surface area contributed by atoms with Crippen molar-refractivity contribution < 1.29 is 23.4 Å². The normalized spacial score (nSPS) is 21.6. The summed E-state index contributed by atoms with van der Waals surface area (Å²) in [5.74, 6) is -0.139. The van der Waals surface area contributed by atoms with E-state index < -0.39 is 13.0 Å². The summed E-state index contributed by atoms with van der Waals surface area (Å²) in [5, 5.41) is 12.2. The summed E-state index contributed by atoms with van der Waals surface area (Å²) in [4.78, 5) is 16.0. The van der Waals surface area contributed by atoms with Crippen LogP contribution in [0.25, 0.3) is 0 Å². The van der Waals surface area contributed by atoms with Crippen LogP contribution in [-0.2, 0) is 0 Å². The van der Waals surface area contributed by atoms with E-state index in [1.54, 1.807) is 0 Å². The van der Waals surface area contributed by atoms with Crippen molar-refractivity contribution in [2.75, 3.05) is 13.2 Å². The van der Waals surface area contributed by atoms with Crippen molar-refractivity contribution in [3.63, 3.8) is 0 Å². The molecule has 0 spiro atoms. The number of aliphatic hydroxyl groups is 1. The van der Waals surface area contributed by atoms with Gasteiger partial charge in [-0.1, -0.05) is 12.8 Å². The zero-order chi connectivity index (χ0) is 15.9. The molecule has 0 radical (unpaired) electrons. The second-order valence-corrected chi connectivity index (χ2v) is 5.39. The maximum absolute atomic E-state index is 12.2. The molecule has 1 aromatic rings. The molecule has 2 rings (SSSR count). The number of carbonyl (C=O) groups is 1. The zero-order valence-electron chi connectivity index (χ0n) is 12.2. The first-order valence-electron chi connectivity index (χ1n) is 7.39. The molecule has 2 unspecified atom stereocenters. The summed E-state index contributed by atoms with van der Waals surface area (Å²) >= 11 is 0. The molecule has 1 aliphatic carbocycles. The summed E-state index contributed by atoms with van der Waals surface area (Å²) in [6, 6.07) is 2.84. The summed E-state index contributed by atoms with van der Waals surface area (Å²) in [6.07, 6.45) is 2.58. The first-order valence-corrected chi connectivity index (χ1v) is 7.39. The van der Waals surface area contributed by atoms with Crippen LogP contribution in [0.3, 0.4) is 0 Å². The van der Waals surface area contributed by atoms with E-state index in [0.29, 0.717) is 5.56 Å². The third-order valence-corrected chi connectivity index (χ3v) is 3.82. The summed E-state index contributed by atoms with van der Waals surface area (Å²) in [5.41, 5.74) is 0.340. The largest absolute Gasteiger partial charge is 0.472 e. The molecule has 0 aliphatic heterocycles. The number of amides is 1. The van der Waals surface area contributed by atoms with Crippen molar-refractivity contribution in [3.8, 4) is 5.88 Å². The molecule has 2 N–H and O–H groups in total. The van der Waals surface area contributed by atoms with Gasteiger partial charge in [-0.15, -0.1) is 0 Å². The third kappa shape index (κ3) is 4.62. The van der Waals surface area contributed by atoms with Crippen LogP contribution < -0.4 is 10.1 Å². The smallest absolute Gasteiger partial charge is 0.272 e. The quantitative estimate of drug-likeness (QED) is 0.842. The molecule has 122 valence electrons. The third-order valence-electron chi connectivity index (χ3n) is 3.82. The Balaban J connectivity index is 1.91. The van der Waals surface area contributed by atoms with E-state index in [9.17, 15) is 18.7 Å². The van der Waals surface area contributed by atoms with Crippen molar-refractivity contribution in [1.82, 2.24) is 10.3 Å². The number of aliphatic hydroxyl groups excluding tert-OH is 1. The molecule has 1 saturated carbocycles. The van der Waals surface area contributed by atoms with Crippen LogP contribution in [0.1, 0.15) is 36.0 Å². The fourth-order valence-electron chi connectivity index (χ4n) is 2.62. The van der Waals surface area contributed by atoms with Crippen LogP contribution >= 0.6 is 0 Å². The van der Waals surface area contributed by atoms with Crippen molar-refractivity contribution in [2.45, 2.75) is 38.2 Å². The highest BCUT2D eigenvalue weighted by Gasteiger charge is 2.26. The number of hydrogen-bond donors (Lipinski definition) is 2. The number of halogens is 2. The molecule has 5 nitrogen and oxygen atoms in total. The van der Waals surface area contributed by atoms with Gasteiger partial charge in [-0.05, 0) is 18.9 Å². The van der Waals surface area contributed by atoms with E-state index in [1.807, 2.05) is 0 Å². The first-order chi connectivity index (χ1) is 10.6. The van der Waals surface area contributed by atoms with Gasteiger partial charge in [0.25, 0.3) is 12.3 Å². The number of alkyl halides is 2. The van der Waals surface area contributed by atoms with Crippen molar-refractivity contribution in [1.29, 1.82) is 0 Å². The highest BCUT2D eigenvalue weighted by Crippen LogP contribution is 2.24. The van der Waals surface area contributed by atoms with Crippen molar-refractivity contribution in [3.05, 3.63) is 23.9 Å². The molecular weight excluding hydrogens is 294 g/mol. The van der Waals surface area contributed by atoms with E-state index in [2.05, 4.69) is 10.3 Å². The Morgan fingerprint density at radius 2 is 2.18 bits per heavy atom. The average Bonchev–Trinajstić information content (AvgIpc) is 2.54. The van der Waals surface area contributed by atoms with E-state index in [1.165, 1.54) is 18.3 Å². The number of nitrogens with zero attached hydrogens (tertiary/aromatic N) is 1. The molecule has 1 heterocycles. The fourth-order valence-corrected chi connectivity index (χ4v) is 2.62. The standard InChI is InChI=1S/C15H20F2N2O3/c16-13(17)9-22-14-6-5-10(7-18-14)15(21)19-12-4-2-1-3-11(12)8-20/h5-7,11-13,20H,1-4,8-9H2,(H,19,21). The zero-order valence-corrected chi connectivity index (χ0v) is 12.2. The minimum absolute atomic E-state index is 0.0407. The van der Waals surface area contributed by atoms with E-state index in [-0.39, 0.29) is 30.4 Å². The highest BCUT2D eigenvalue weighted by atomic mass is 19.3. The molecular formula is C15H20F2N2O3. The van der Waals surface area contributed by atoms with Crippen molar-refractivity contribution in [2.24, 2.45) is 5.92 Å². The molecule has 22 heavy (non-hydrogen) atoms. The number of carbonyl (C=O) groups excluding carboxylic acids is 1. The second-order valence-electron chi connectivity index (χ2n) is 5.39. The van der Waals surface area contributed by atoms with Gasteiger partial charge >= 0.3 is 0 Å².